The second-order valence-electron chi connectivity index (χ2n) is 9.66. The van der Waals surface area contributed by atoms with Crippen molar-refractivity contribution in [3.05, 3.63) is 65.2 Å². The highest BCUT2D eigenvalue weighted by molar-refractivity contribution is 5.93. The van der Waals surface area contributed by atoms with Crippen LogP contribution in [0.4, 0.5) is 4.79 Å². The molecule has 2 atom stereocenters. The Morgan fingerprint density at radius 1 is 1.07 bits per heavy atom. The topological polar surface area (TPSA) is 158 Å². The van der Waals surface area contributed by atoms with E-state index in [1.165, 1.54) is 24.3 Å². The first-order valence-electron chi connectivity index (χ1n) is 12.2. The number of esters is 1. The predicted octanol–water partition coefficient (Wildman–Crippen LogP) is 2.19. The lowest BCUT2D eigenvalue weighted by Crippen LogP contribution is -2.54. The summed E-state index contributed by atoms with van der Waals surface area (Å²) in [5, 5.41) is 24.2. The van der Waals surface area contributed by atoms with Gasteiger partial charge in [0.05, 0.1) is 13.2 Å². The fraction of sp³-hybridized carbons (Fsp3) is 0.345. The van der Waals surface area contributed by atoms with Crippen LogP contribution in [0.1, 0.15) is 43.5 Å². The van der Waals surface area contributed by atoms with Gasteiger partial charge in [0.2, 0.25) is 11.8 Å². The van der Waals surface area contributed by atoms with Crippen LogP contribution < -0.4 is 10.6 Å². The van der Waals surface area contributed by atoms with Gasteiger partial charge in [0.1, 0.15) is 36.5 Å². The number of hydrogen-bond donors (Lipinski definition) is 3. The van der Waals surface area contributed by atoms with E-state index in [2.05, 4.69) is 21.3 Å². The van der Waals surface area contributed by atoms with Crippen LogP contribution in [0.5, 0.6) is 5.75 Å². The molecule has 40 heavy (non-hydrogen) atoms. The molecule has 0 bridgehead atoms. The van der Waals surface area contributed by atoms with Crippen molar-refractivity contribution in [3.63, 3.8) is 0 Å². The summed E-state index contributed by atoms with van der Waals surface area (Å²) in [6.07, 6.45) is 4.51. The number of methoxy groups -OCH3 is 1. The molecule has 0 aliphatic heterocycles. The summed E-state index contributed by atoms with van der Waals surface area (Å²) in [5.74, 6) is 0.230. The Bertz CT molecular complexity index is 1290. The normalized spacial score (nSPS) is 12.1. The summed E-state index contributed by atoms with van der Waals surface area (Å²) in [5.41, 5.74) is 0.546. The number of nitriles is 1. The van der Waals surface area contributed by atoms with Crippen molar-refractivity contribution in [1.29, 1.82) is 5.26 Å². The summed E-state index contributed by atoms with van der Waals surface area (Å²) < 4.78 is 9.92. The van der Waals surface area contributed by atoms with E-state index >= 15 is 0 Å². The summed E-state index contributed by atoms with van der Waals surface area (Å²) in [7, 11) is 1.16. The van der Waals surface area contributed by atoms with Gasteiger partial charge < -0.3 is 30.1 Å². The number of rotatable bonds is 10. The van der Waals surface area contributed by atoms with Gasteiger partial charge in [0.25, 0.3) is 0 Å². The number of hydrogen-bond acceptors (Lipinski definition) is 8. The molecule has 11 heteroatoms. The quantitative estimate of drug-likeness (QED) is 0.232. The van der Waals surface area contributed by atoms with Gasteiger partial charge in [-0.1, -0.05) is 30.2 Å². The van der Waals surface area contributed by atoms with Gasteiger partial charge in [0.15, 0.2) is 0 Å². The van der Waals surface area contributed by atoms with Crippen molar-refractivity contribution in [1.82, 2.24) is 15.5 Å². The number of carbonyl (C=O) groups excluding carboxylic acids is 4. The van der Waals surface area contributed by atoms with Crippen molar-refractivity contribution in [2.75, 3.05) is 20.2 Å². The van der Waals surface area contributed by atoms with Gasteiger partial charge in [-0.15, -0.1) is 6.42 Å². The third-order valence-corrected chi connectivity index (χ3v) is 5.48. The van der Waals surface area contributed by atoms with Gasteiger partial charge in [-0.2, -0.15) is 5.26 Å². The highest BCUT2D eigenvalue weighted by Crippen LogP contribution is 2.24. The molecule has 0 heterocycles. The lowest BCUT2D eigenvalue weighted by molar-refractivity contribution is -0.144. The monoisotopic (exact) mass is 548 g/mol. The van der Waals surface area contributed by atoms with Gasteiger partial charge in [-0.25, -0.2) is 4.79 Å². The molecule has 0 aromatic heterocycles. The molecule has 3 amide bonds. The first-order valence-corrected chi connectivity index (χ1v) is 12.2. The standard InChI is InChI=1S/C29H32N4O7/c1-6-19-7-11-21(12-8-19)25(26(36)31-18-24(35)39-5)33(16-15-30)27(37)23(32-28(38)40-29(2,3)4)17-20-9-13-22(34)14-10-20/h1,7-14,23,25,34H,16-18H2,2-5H3,(H,31,36)(H,32,38). The molecule has 0 fully saturated rings. The molecule has 0 aliphatic rings. The van der Waals surface area contributed by atoms with E-state index in [4.69, 9.17) is 11.2 Å². The summed E-state index contributed by atoms with van der Waals surface area (Å²) in [6, 6.07) is 11.4. The summed E-state index contributed by atoms with van der Waals surface area (Å²) in [6.45, 7) is 3.97. The van der Waals surface area contributed by atoms with E-state index < -0.39 is 54.7 Å². The van der Waals surface area contributed by atoms with E-state index in [-0.39, 0.29) is 12.2 Å². The zero-order valence-electron chi connectivity index (χ0n) is 22.8. The number of nitrogens with one attached hydrogen (secondary N) is 2. The Kier molecular flexibility index (Phi) is 11.1. The van der Waals surface area contributed by atoms with Crippen molar-refractivity contribution >= 4 is 23.9 Å². The molecule has 0 radical (unpaired) electrons. The Morgan fingerprint density at radius 3 is 2.23 bits per heavy atom. The number of nitrogens with zero attached hydrogens (tertiary/aromatic N) is 2. The van der Waals surface area contributed by atoms with Gasteiger partial charge in [0, 0.05) is 12.0 Å². The highest BCUT2D eigenvalue weighted by Gasteiger charge is 2.36. The van der Waals surface area contributed by atoms with E-state index in [0.717, 1.165) is 12.0 Å². The van der Waals surface area contributed by atoms with Crippen LogP contribution in [0.25, 0.3) is 0 Å². The van der Waals surface area contributed by atoms with Crippen LogP contribution in [-0.4, -0.2) is 65.7 Å². The van der Waals surface area contributed by atoms with Gasteiger partial charge in [-0.3, -0.25) is 14.4 Å². The summed E-state index contributed by atoms with van der Waals surface area (Å²) >= 11 is 0. The summed E-state index contributed by atoms with van der Waals surface area (Å²) in [4.78, 5) is 52.7. The minimum absolute atomic E-state index is 0.00981. The van der Waals surface area contributed by atoms with Crippen LogP contribution >= 0.6 is 0 Å². The van der Waals surface area contributed by atoms with Crippen molar-refractivity contribution in [3.8, 4) is 24.2 Å². The van der Waals surface area contributed by atoms with Gasteiger partial charge in [-0.05, 0) is 56.2 Å². The minimum Gasteiger partial charge on any atom is -0.508 e. The molecule has 2 aromatic carbocycles. The third kappa shape index (κ3) is 9.37. The van der Waals surface area contributed by atoms with E-state index in [1.54, 1.807) is 45.0 Å². The lowest BCUT2D eigenvalue weighted by Gasteiger charge is -2.33. The Balaban J connectivity index is 2.54. The molecule has 11 nitrogen and oxygen atoms in total. The second-order valence-corrected chi connectivity index (χ2v) is 9.66. The highest BCUT2D eigenvalue weighted by atomic mass is 16.6. The first kappa shape index (κ1) is 31.2. The lowest BCUT2D eigenvalue weighted by atomic mass is 9.99. The van der Waals surface area contributed by atoms with Crippen LogP contribution in [0.2, 0.25) is 0 Å². The van der Waals surface area contributed by atoms with Crippen molar-refractivity contribution < 1.29 is 33.8 Å². The molecule has 3 N–H and O–H groups in total. The number of phenolic OH excluding ortho intramolecular Hbond substituents is 1. The van der Waals surface area contributed by atoms with Crippen molar-refractivity contribution in [2.45, 2.75) is 44.9 Å². The fourth-order valence-corrected chi connectivity index (χ4v) is 3.65. The van der Waals surface area contributed by atoms with Crippen LogP contribution in [0, 0.1) is 23.7 Å². The smallest absolute Gasteiger partial charge is 0.408 e. The Labute approximate surface area is 233 Å². The van der Waals surface area contributed by atoms with Crippen LogP contribution in [-0.2, 0) is 30.3 Å². The minimum atomic E-state index is -1.37. The van der Waals surface area contributed by atoms with E-state index in [9.17, 15) is 29.5 Å². The Hall–Kier alpha value is -5.03. The first-order chi connectivity index (χ1) is 18.9. The number of benzene rings is 2. The molecule has 2 aromatic rings. The number of alkyl carbamates (subject to hydrolysis) is 1. The van der Waals surface area contributed by atoms with E-state index in [1.807, 2.05) is 6.07 Å². The zero-order chi connectivity index (χ0) is 29.9. The molecule has 0 spiro atoms. The predicted molar refractivity (Wildman–Crippen MR) is 144 cm³/mol. The molecule has 0 saturated carbocycles. The van der Waals surface area contributed by atoms with Gasteiger partial charge >= 0.3 is 12.1 Å². The molecule has 2 rings (SSSR count). The number of carbonyl (C=O) groups is 4. The fourth-order valence-electron chi connectivity index (χ4n) is 3.65. The van der Waals surface area contributed by atoms with Crippen LogP contribution in [0.15, 0.2) is 48.5 Å². The number of terminal acetylenes is 1. The zero-order valence-corrected chi connectivity index (χ0v) is 22.8. The molecule has 210 valence electrons. The molecular weight excluding hydrogens is 516 g/mol. The number of amides is 3. The SMILES string of the molecule is C#Cc1ccc(C(C(=O)NCC(=O)OC)N(CC#N)C(=O)C(Cc2ccc(O)cc2)NC(=O)OC(C)(C)C)cc1. The molecular formula is C29H32N4O7. The van der Waals surface area contributed by atoms with Crippen molar-refractivity contribution in [2.24, 2.45) is 0 Å². The third-order valence-electron chi connectivity index (χ3n) is 5.48. The number of phenols is 1. The maximum atomic E-state index is 14.0. The average Bonchev–Trinajstić information content (AvgIpc) is 2.91. The Morgan fingerprint density at radius 2 is 1.70 bits per heavy atom. The second kappa shape index (κ2) is 14.2. The average molecular weight is 549 g/mol. The number of ether oxygens (including phenoxy) is 2. The molecule has 2 unspecified atom stereocenters. The molecule has 0 saturated heterocycles. The molecule has 0 aliphatic carbocycles. The largest absolute Gasteiger partial charge is 0.508 e. The van der Waals surface area contributed by atoms with Crippen LogP contribution in [0.3, 0.4) is 0 Å². The number of aromatic hydroxyl groups is 1. The van der Waals surface area contributed by atoms with E-state index in [0.29, 0.717) is 16.7 Å². The maximum absolute atomic E-state index is 14.0. The maximum Gasteiger partial charge on any atom is 0.408 e.